The van der Waals surface area contributed by atoms with Crippen LogP contribution >= 0.6 is 23.2 Å². The molecule has 1 aliphatic heterocycles. The molecule has 2 rings (SSSR count). The smallest absolute Gasteiger partial charge is 0.0654 e. The van der Waals surface area contributed by atoms with Crippen molar-refractivity contribution in [3.63, 3.8) is 0 Å². The highest BCUT2D eigenvalue weighted by Crippen LogP contribution is 2.31. The van der Waals surface area contributed by atoms with E-state index in [1.165, 1.54) is 0 Å². The molecule has 1 atom stereocenters. The highest BCUT2D eigenvalue weighted by Gasteiger charge is 2.29. The van der Waals surface area contributed by atoms with Crippen molar-refractivity contribution < 1.29 is 0 Å². The fourth-order valence-electron chi connectivity index (χ4n) is 2.23. The van der Waals surface area contributed by atoms with Crippen molar-refractivity contribution >= 4 is 28.9 Å². The van der Waals surface area contributed by atoms with E-state index in [0.717, 1.165) is 36.8 Å². The number of rotatable bonds is 2. The molecule has 0 aromatic heterocycles. The van der Waals surface area contributed by atoms with Crippen LogP contribution in [0, 0.1) is 0 Å². The maximum absolute atomic E-state index is 6.25. The fraction of sp³-hybridized carbons (Fsp3) is 0.538. The molecule has 1 heterocycles. The van der Waals surface area contributed by atoms with Crippen molar-refractivity contribution in [2.45, 2.75) is 25.8 Å². The largest absolute Gasteiger partial charge is 0.367 e. The van der Waals surface area contributed by atoms with Crippen molar-refractivity contribution in [3.05, 3.63) is 28.2 Å². The monoisotopic (exact) mass is 272 g/mol. The topological polar surface area (TPSA) is 15.3 Å². The first kappa shape index (κ1) is 13.0. The zero-order chi connectivity index (χ0) is 12.5. The fourth-order valence-corrected chi connectivity index (χ4v) is 2.76. The first-order valence-electron chi connectivity index (χ1n) is 5.99. The summed E-state index contributed by atoms with van der Waals surface area (Å²) in [5, 5.41) is 4.99. The molecule has 94 valence electrons. The number of benzene rings is 1. The molecular formula is C13H18Cl2N2. The molecule has 1 saturated heterocycles. The number of anilines is 1. The molecule has 0 aliphatic carbocycles. The Labute approximate surface area is 113 Å². The summed E-state index contributed by atoms with van der Waals surface area (Å²) in [4.78, 5) is 2.33. The lowest BCUT2D eigenvalue weighted by Crippen LogP contribution is -2.58. The minimum absolute atomic E-state index is 0.168. The summed E-state index contributed by atoms with van der Waals surface area (Å²) in [5.74, 6) is 0. The molecule has 0 radical (unpaired) electrons. The van der Waals surface area contributed by atoms with Gasteiger partial charge in [0.25, 0.3) is 0 Å². The minimum atomic E-state index is 0.168. The Morgan fingerprint density at radius 1 is 1.41 bits per heavy atom. The summed E-state index contributed by atoms with van der Waals surface area (Å²) in [7, 11) is 0. The van der Waals surface area contributed by atoms with E-state index in [4.69, 9.17) is 23.2 Å². The molecule has 1 aliphatic rings. The van der Waals surface area contributed by atoms with Gasteiger partial charge >= 0.3 is 0 Å². The van der Waals surface area contributed by atoms with Crippen LogP contribution in [0.25, 0.3) is 0 Å². The normalized spacial score (nSPS) is 25.1. The third-order valence-electron chi connectivity index (χ3n) is 3.50. The Hall–Kier alpha value is -0.440. The number of halogens is 2. The summed E-state index contributed by atoms with van der Waals surface area (Å²) in [6, 6.07) is 5.71. The van der Waals surface area contributed by atoms with Gasteiger partial charge in [-0.3, -0.25) is 0 Å². The number of nitrogens with zero attached hydrogens (tertiary/aromatic N) is 1. The van der Waals surface area contributed by atoms with Gasteiger partial charge in [0.1, 0.15) is 0 Å². The van der Waals surface area contributed by atoms with Gasteiger partial charge in [-0.25, -0.2) is 0 Å². The molecule has 1 N–H and O–H groups in total. The average Bonchev–Trinajstić information content (AvgIpc) is 2.29. The summed E-state index contributed by atoms with van der Waals surface area (Å²) in [6.45, 7) is 7.41. The second-order valence-electron chi connectivity index (χ2n) is 4.86. The van der Waals surface area contributed by atoms with Crippen LogP contribution in [0.3, 0.4) is 0 Å². The van der Waals surface area contributed by atoms with Crippen LogP contribution in [-0.2, 0) is 0 Å². The molecule has 17 heavy (non-hydrogen) atoms. The molecule has 1 unspecified atom stereocenters. The lowest BCUT2D eigenvalue weighted by Gasteiger charge is -2.42. The van der Waals surface area contributed by atoms with Crippen LogP contribution in [0.5, 0.6) is 0 Å². The van der Waals surface area contributed by atoms with E-state index in [9.17, 15) is 0 Å². The van der Waals surface area contributed by atoms with Crippen LogP contribution in [-0.4, -0.2) is 25.2 Å². The molecule has 0 spiro atoms. The molecule has 2 nitrogen and oxygen atoms in total. The summed E-state index contributed by atoms with van der Waals surface area (Å²) in [5.41, 5.74) is 1.25. The third kappa shape index (κ3) is 2.87. The first-order chi connectivity index (χ1) is 8.04. The van der Waals surface area contributed by atoms with Crippen LogP contribution < -0.4 is 10.2 Å². The average molecular weight is 273 g/mol. The van der Waals surface area contributed by atoms with Crippen molar-refractivity contribution in [2.75, 3.05) is 24.5 Å². The van der Waals surface area contributed by atoms with E-state index < -0.39 is 0 Å². The third-order valence-corrected chi connectivity index (χ3v) is 4.04. The van der Waals surface area contributed by atoms with Gasteiger partial charge in [0.2, 0.25) is 0 Å². The lowest BCUT2D eigenvalue weighted by atomic mass is 9.95. The Bertz CT molecular complexity index is 408. The zero-order valence-electron chi connectivity index (χ0n) is 10.3. The number of hydrogen-bond donors (Lipinski definition) is 1. The minimum Gasteiger partial charge on any atom is -0.367 e. The number of nitrogens with one attached hydrogen (secondary N) is 1. The Morgan fingerprint density at radius 3 is 2.82 bits per heavy atom. The highest BCUT2D eigenvalue weighted by molar-refractivity contribution is 6.36. The molecule has 1 aromatic rings. The Kier molecular flexibility index (Phi) is 3.86. The molecule has 4 heteroatoms. The molecular weight excluding hydrogens is 255 g/mol. The maximum Gasteiger partial charge on any atom is 0.0654 e. The van der Waals surface area contributed by atoms with Gasteiger partial charge in [-0.2, -0.15) is 0 Å². The van der Waals surface area contributed by atoms with Gasteiger partial charge in [0.05, 0.1) is 10.7 Å². The Morgan fingerprint density at radius 2 is 2.18 bits per heavy atom. The maximum atomic E-state index is 6.25. The summed E-state index contributed by atoms with van der Waals surface area (Å²) < 4.78 is 0. The van der Waals surface area contributed by atoms with E-state index in [1.54, 1.807) is 0 Å². The second kappa shape index (κ2) is 5.05. The zero-order valence-corrected chi connectivity index (χ0v) is 11.8. The van der Waals surface area contributed by atoms with Gasteiger partial charge in [0.15, 0.2) is 0 Å². The second-order valence-corrected chi connectivity index (χ2v) is 5.70. The molecule has 1 fully saturated rings. The standard InChI is InChI=1S/C13H18Cl2N2/c1-3-13(2)9-17(7-6-16-13)12-5-4-10(14)8-11(12)15/h4-5,8,16H,3,6-7,9H2,1-2H3. The SMILES string of the molecule is CCC1(C)CN(c2ccc(Cl)cc2Cl)CCN1. The number of piperazine rings is 1. The molecule has 0 saturated carbocycles. The van der Waals surface area contributed by atoms with Crippen molar-refractivity contribution in [3.8, 4) is 0 Å². The van der Waals surface area contributed by atoms with Gasteiger partial charge in [0, 0.05) is 30.2 Å². The predicted octanol–water partition coefficient (Wildman–Crippen LogP) is 3.57. The van der Waals surface area contributed by atoms with Crippen LogP contribution in [0.4, 0.5) is 5.69 Å². The molecule has 0 amide bonds. The highest BCUT2D eigenvalue weighted by atomic mass is 35.5. The van der Waals surface area contributed by atoms with Crippen molar-refractivity contribution in [1.29, 1.82) is 0 Å². The first-order valence-corrected chi connectivity index (χ1v) is 6.75. The van der Waals surface area contributed by atoms with Gasteiger partial charge in [-0.15, -0.1) is 0 Å². The predicted molar refractivity (Wildman–Crippen MR) is 75.4 cm³/mol. The quantitative estimate of drug-likeness (QED) is 0.886. The van der Waals surface area contributed by atoms with Crippen LogP contribution in [0.1, 0.15) is 20.3 Å². The van der Waals surface area contributed by atoms with Crippen LogP contribution in [0.15, 0.2) is 18.2 Å². The van der Waals surface area contributed by atoms with E-state index in [0.29, 0.717) is 5.02 Å². The summed E-state index contributed by atoms with van der Waals surface area (Å²) >= 11 is 12.2. The molecule has 1 aromatic carbocycles. The van der Waals surface area contributed by atoms with E-state index in [2.05, 4.69) is 24.1 Å². The van der Waals surface area contributed by atoms with E-state index in [1.807, 2.05) is 18.2 Å². The van der Waals surface area contributed by atoms with Gasteiger partial charge in [-0.1, -0.05) is 30.1 Å². The van der Waals surface area contributed by atoms with Crippen molar-refractivity contribution in [1.82, 2.24) is 5.32 Å². The summed E-state index contributed by atoms with van der Waals surface area (Å²) in [6.07, 6.45) is 1.11. The Balaban J connectivity index is 2.22. The van der Waals surface area contributed by atoms with Crippen LogP contribution in [0.2, 0.25) is 10.0 Å². The van der Waals surface area contributed by atoms with E-state index >= 15 is 0 Å². The number of hydrogen-bond acceptors (Lipinski definition) is 2. The van der Waals surface area contributed by atoms with Gasteiger partial charge in [-0.05, 0) is 31.5 Å². The molecule has 0 bridgehead atoms. The lowest BCUT2D eigenvalue weighted by molar-refractivity contribution is 0.314. The van der Waals surface area contributed by atoms with Crippen molar-refractivity contribution in [2.24, 2.45) is 0 Å². The van der Waals surface area contributed by atoms with Gasteiger partial charge < -0.3 is 10.2 Å². The van der Waals surface area contributed by atoms with E-state index in [-0.39, 0.29) is 5.54 Å².